The summed E-state index contributed by atoms with van der Waals surface area (Å²) in [6.07, 6.45) is 0.118. The van der Waals surface area contributed by atoms with Gasteiger partial charge in [-0.1, -0.05) is 18.2 Å². The second-order valence-corrected chi connectivity index (χ2v) is 4.14. The van der Waals surface area contributed by atoms with Gasteiger partial charge in [0.1, 0.15) is 0 Å². The second-order valence-electron chi connectivity index (χ2n) is 4.14. The van der Waals surface area contributed by atoms with E-state index in [1.54, 1.807) is 25.1 Å². The molecule has 2 rings (SSSR count). The molecule has 18 heavy (non-hydrogen) atoms. The Bertz CT molecular complexity index is 621. The molecule has 0 radical (unpaired) electrons. The largest absolute Gasteiger partial charge is 0.326 e. The van der Waals surface area contributed by atoms with Crippen molar-refractivity contribution < 1.29 is 9.59 Å². The molecule has 1 aliphatic rings. The van der Waals surface area contributed by atoms with Crippen LogP contribution in [0.1, 0.15) is 33.2 Å². The van der Waals surface area contributed by atoms with Crippen molar-refractivity contribution >= 4 is 11.6 Å². The van der Waals surface area contributed by atoms with Gasteiger partial charge in [0.2, 0.25) is 0 Å². The van der Waals surface area contributed by atoms with Crippen molar-refractivity contribution in [3.63, 3.8) is 0 Å². The second kappa shape index (κ2) is 4.55. The number of nitrogens with two attached hydrogens (primary N) is 1. The molecule has 0 atom stereocenters. The number of nitrogens with zero attached hydrogens (tertiary/aromatic N) is 1. The van der Waals surface area contributed by atoms with Crippen LogP contribution in [0.25, 0.3) is 0 Å². The van der Waals surface area contributed by atoms with Crippen LogP contribution in [0.15, 0.2) is 29.3 Å². The Morgan fingerprint density at radius 2 is 2.00 bits per heavy atom. The number of hydrogen-bond donors (Lipinski definition) is 1. The molecule has 0 aliphatic heterocycles. The number of hydrogen-bond acceptors (Lipinski definition) is 4. The summed E-state index contributed by atoms with van der Waals surface area (Å²) in [4.78, 5) is 24.4. The van der Waals surface area contributed by atoms with E-state index in [9.17, 15) is 9.59 Å². The van der Waals surface area contributed by atoms with Gasteiger partial charge >= 0.3 is 0 Å². The summed E-state index contributed by atoms with van der Waals surface area (Å²) in [7, 11) is 0. The fraction of sp³-hybridized carbons (Fsp3) is 0.214. The normalized spacial score (nSPS) is 14.5. The van der Waals surface area contributed by atoms with Gasteiger partial charge < -0.3 is 5.73 Å². The summed E-state index contributed by atoms with van der Waals surface area (Å²) in [5, 5.41) is 8.76. The molecule has 0 heterocycles. The number of fused-ring (bicyclic) bond motifs is 1. The van der Waals surface area contributed by atoms with Gasteiger partial charge in [-0.05, 0) is 12.5 Å². The lowest BCUT2D eigenvalue weighted by atomic mass is 9.82. The summed E-state index contributed by atoms with van der Waals surface area (Å²) < 4.78 is 0. The number of Topliss-reactive ketones (excluding diaryl/α,β-unsaturated/α-hetero) is 2. The number of allylic oxidation sites excluding steroid dienone is 1. The molecule has 1 aromatic rings. The lowest BCUT2D eigenvalue weighted by Crippen LogP contribution is -2.26. The molecule has 0 saturated heterocycles. The minimum Gasteiger partial charge on any atom is -0.326 e. The highest BCUT2D eigenvalue weighted by atomic mass is 16.1. The van der Waals surface area contributed by atoms with Crippen LogP contribution < -0.4 is 5.73 Å². The number of benzene rings is 1. The van der Waals surface area contributed by atoms with Gasteiger partial charge in [0.05, 0.1) is 12.5 Å². The van der Waals surface area contributed by atoms with Crippen LogP contribution in [0.2, 0.25) is 0 Å². The van der Waals surface area contributed by atoms with E-state index in [-0.39, 0.29) is 24.5 Å². The van der Waals surface area contributed by atoms with Crippen LogP contribution in [0, 0.1) is 11.3 Å². The minimum absolute atomic E-state index is 0.0539. The maximum atomic E-state index is 12.3. The smallest absolute Gasteiger partial charge is 0.191 e. The molecule has 1 aromatic carbocycles. The molecule has 0 fully saturated rings. The summed E-state index contributed by atoms with van der Waals surface area (Å²) in [6.45, 7) is 1.66. The molecule has 2 N–H and O–H groups in total. The van der Waals surface area contributed by atoms with Gasteiger partial charge in [0, 0.05) is 28.8 Å². The number of carbonyl (C=O) groups is 2. The van der Waals surface area contributed by atoms with Crippen molar-refractivity contribution in [3.8, 4) is 6.07 Å². The number of nitriles is 1. The zero-order valence-electron chi connectivity index (χ0n) is 9.99. The third-order valence-electron chi connectivity index (χ3n) is 3.16. The van der Waals surface area contributed by atoms with Crippen molar-refractivity contribution in [2.45, 2.75) is 13.3 Å². The standard InChI is InChI=1S/C14H12N2O2/c1-8-11(7-16)14(18)10-4-2-3-9(5-6-15)12(10)13(8)17/h2-4H,5,7,16H2,1H3. The summed E-state index contributed by atoms with van der Waals surface area (Å²) in [6, 6.07) is 7.00. The van der Waals surface area contributed by atoms with Gasteiger partial charge in [0.25, 0.3) is 0 Å². The van der Waals surface area contributed by atoms with Crippen molar-refractivity contribution in [1.82, 2.24) is 0 Å². The zero-order chi connectivity index (χ0) is 13.3. The number of rotatable bonds is 2. The predicted molar refractivity (Wildman–Crippen MR) is 66.2 cm³/mol. The fourth-order valence-electron chi connectivity index (χ4n) is 2.19. The van der Waals surface area contributed by atoms with Crippen molar-refractivity contribution in [2.24, 2.45) is 5.73 Å². The Balaban J connectivity index is 2.70. The summed E-state index contributed by atoms with van der Waals surface area (Å²) in [5.74, 6) is -0.403. The monoisotopic (exact) mass is 240 g/mol. The Morgan fingerprint density at radius 1 is 1.28 bits per heavy atom. The average Bonchev–Trinajstić information content (AvgIpc) is 2.37. The van der Waals surface area contributed by atoms with E-state index in [0.717, 1.165) is 0 Å². The maximum absolute atomic E-state index is 12.3. The third kappa shape index (κ3) is 1.66. The van der Waals surface area contributed by atoms with Gasteiger partial charge in [-0.2, -0.15) is 5.26 Å². The van der Waals surface area contributed by atoms with Gasteiger partial charge in [0.15, 0.2) is 11.6 Å². The lowest BCUT2D eigenvalue weighted by Gasteiger charge is -2.19. The van der Waals surface area contributed by atoms with Crippen LogP contribution in [0.3, 0.4) is 0 Å². The van der Waals surface area contributed by atoms with E-state index in [1.165, 1.54) is 0 Å². The Hall–Kier alpha value is -2.25. The highest BCUT2D eigenvalue weighted by molar-refractivity contribution is 6.27. The van der Waals surface area contributed by atoms with Crippen LogP contribution >= 0.6 is 0 Å². The highest BCUT2D eigenvalue weighted by Crippen LogP contribution is 2.28. The molecule has 0 bridgehead atoms. The van der Waals surface area contributed by atoms with Crippen LogP contribution in [-0.4, -0.2) is 18.1 Å². The van der Waals surface area contributed by atoms with Crippen LogP contribution in [0.4, 0.5) is 0 Å². The van der Waals surface area contributed by atoms with Gasteiger partial charge in [-0.25, -0.2) is 0 Å². The molecule has 0 amide bonds. The molecule has 90 valence electrons. The first-order chi connectivity index (χ1) is 8.61. The maximum Gasteiger partial charge on any atom is 0.191 e. The van der Waals surface area contributed by atoms with E-state index in [1.807, 2.05) is 6.07 Å². The van der Waals surface area contributed by atoms with Crippen LogP contribution in [0.5, 0.6) is 0 Å². The number of ketones is 2. The van der Waals surface area contributed by atoms with E-state index in [4.69, 9.17) is 11.0 Å². The molecule has 0 unspecified atom stereocenters. The summed E-state index contributed by atoms with van der Waals surface area (Å²) >= 11 is 0. The van der Waals surface area contributed by atoms with Crippen molar-refractivity contribution in [3.05, 3.63) is 46.0 Å². The Labute approximate surface area is 105 Å². The zero-order valence-corrected chi connectivity index (χ0v) is 9.99. The van der Waals surface area contributed by atoms with Crippen molar-refractivity contribution in [1.29, 1.82) is 5.26 Å². The summed E-state index contributed by atoms with van der Waals surface area (Å²) in [5.41, 5.74) is 7.59. The number of carbonyl (C=O) groups excluding carboxylic acids is 2. The quantitative estimate of drug-likeness (QED) is 0.847. The lowest BCUT2D eigenvalue weighted by molar-refractivity contribution is 0.0973. The first kappa shape index (κ1) is 12.2. The third-order valence-corrected chi connectivity index (χ3v) is 3.16. The average molecular weight is 240 g/mol. The fourth-order valence-corrected chi connectivity index (χ4v) is 2.19. The van der Waals surface area contributed by atoms with E-state index >= 15 is 0 Å². The van der Waals surface area contributed by atoms with E-state index in [0.29, 0.717) is 27.8 Å². The molecule has 4 nitrogen and oxygen atoms in total. The van der Waals surface area contributed by atoms with Gasteiger partial charge in [-0.3, -0.25) is 9.59 Å². The molecular weight excluding hydrogens is 228 g/mol. The minimum atomic E-state index is -0.204. The van der Waals surface area contributed by atoms with Crippen LogP contribution in [-0.2, 0) is 6.42 Å². The molecule has 0 saturated carbocycles. The highest BCUT2D eigenvalue weighted by Gasteiger charge is 2.30. The molecular formula is C14H12N2O2. The van der Waals surface area contributed by atoms with E-state index in [2.05, 4.69) is 0 Å². The van der Waals surface area contributed by atoms with Gasteiger partial charge in [-0.15, -0.1) is 0 Å². The molecule has 4 heteroatoms. The first-order valence-corrected chi connectivity index (χ1v) is 5.59. The topological polar surface area (TPSA) is 83.9 Å². The first-order valence-electron chi connectivity index (χ1n) is 5.59. The molecule has 1 aliphatic carbocycles. The Kier molecular flexibility index (Phi) is 3.09. The molecule has 0 aromatic heterocycles. The Morgan fingerprint density at radius 3 is 2.61 bits per heavy atom. The van der Waals surface area contributed by atoms with E-state index < -0.39 is 0 Å². The SMILES string of the molecule is CC1=C(CN)C(=O)c2cccc(CC#N)c2C1=O. The van der Waals surface area contributed by atoms with Crippen molar-refractivity contribution in [2.75, 3.05) is 6.54 Å². The predicted octanol–water partition coefficient (Wildman–Crippen LogP) is 1.41. The molecule has 0 spiro atoms.